The van der Waals surface area contributed by atoms with Gasteiger partial charge in [0.15, 0.2) is 0 Å². The Kier molecular flexibility index (Phi) is 4.59. The third kappa shape index (κ3) is 2.93. The maximum absolute atomic E-state index is 10.9. The van der Waals surface area contributed by atoms with Gasteiger partial charge in [0, 0.05) is 18.5 Å². The normalized spacial score (nSPS) is 16.9. The van der Waals surface area contributed by atoms with Crippen LogP contribution in [0.25, 0.3) is 0 Å². The molecule has 20 heavy (non-hydrogen) atoms. The topological polar surface area (TPSA) is 40.5 Å². The van der Waals surface area contributed by atoms with Crippen molar-refractivity contribution in [2.24, 2.45) is 5.41 Å². The lowest BCUT2D eigenvalue weighted by Crippen LogP contribution is -2.56. The monoisotopic (exact) mass is 295 g/mol. The summed E-state index contributed by atoms with van der Waals surface area (Å²) < 4.78 is 0. The zero-order chi connectivity index (χ0) is 14.8. The van der Waals surface area contributed by atoms with Gasteiger partial charge in [0.05, 0.1) is 16.3 Å². The summed E-state index contributed by atoms with van der Waals surface area (Å²) in [7, 11) is 0. The minimum absolute atomic E-state index is 0.243. The molecule has 1 saturated heterocycles. The van der Waals surface area contributed by atoms with Gasteiger partial charge in [0.2, 0.25) is 0 Å². The van der Waals surface area contributed by atoms with Crippen LogP contribution in [0.2, 0.25) is 5.02 Å². The molecule has 0 aromatic heterocycles. The molecule has 1 aliphatic rings. The van der Waals surface area contributed by atoms with Crippen LogP contribution in [-0.2, 0) is 0 Å². The Bertz CT molecular complexity index is 487. The summed E-state index contributed by atoms with van der Waals surface area (Å²) in [5.74, 6) is -0.937. The maximum Gasteiger partial charge on any atom is 0.335 e. The number of carboxylic acids is 1. The number of benzene rings is 1. The number of nitrogens with zero attached hydrogens (tertiary/aromatic N) is 1. The standard InChI is InChI=1S/C16H22ClNO2/c1-3-7-16(8-4-2)10-18(11-16)14-6-5-12(15(19)20)9-13(14)17/h5-6,9H,3-4,7-8,10-11H2,1-2H3,(H,19,20). The summed E-state index contributed by atoms with van der Waals surface area (Å²) in [5.41, 5.74) is 1.63. The first-order valence-corrected chi connectivity index (χ1v) is 7.67. The molecule has 4 heteroatoms. The summed E-state index contributed by atoms with van der Waals surface area (Å²) in [6.45, 7) is 6.52. The van der Waals surface area contributed by atoms with E-state index in [0.717, 1.165) is 18.8 Å². The number of hydrogen-bond donors (Lipinski definition) is 1. The van der Waals surface area contributed by atoms with Crippen molar-refractivity contribution in [3.05, 3.63) is 28.8 Å². The average Bonchev–Trinajstić information content (AvgIpc) is 2.35. The van der Waals surface area contributed by atoms with E-state index in [2.05, 4.69) is 18.7 Å². The van der Waals surface area contributed by atoms with E-state index in [9.17, 15) is 4.79 Å². The van der Waals surface area contributed by atoms with E-state index in [4.69, 9.17) is 16.7 Å². The molecule has 110 valence electrons. The van der Waals surface area contributed by atoms with E-state index >= 15 is 0 Å². The molecule has 0 atom stereocenters. The van der Waals surface area contributed by atoms with Crippen molar-refractivity contribution in [3.8, 4) is 0 Å². The van der Waals surface area contributed by atoms with Crippen molar-refractivity contribution in [3.63, 3.8) is 0 Å². The van der Waals surface area contributed by atoms with E-state index in [1.165, 1.54) is 25.7 Å². The van der Waals surface area contributed by atoms with Gasteiger partial charge in [-0.3, -0.25) is 0 Å². The molecule has 0 saturated carbocycles. The number of carbonyl (C=O) groups is 1. The number of halogens is 1. The lowest BCUT2D eigenvalue weighted by molar-refractivity contribution is 0.0697. The third-order valence-corrected chi connectivity index (χ3v) is 4.45. The lowest BCUT2D eigenvalue weighted by Gasteiger charge is -2.52. The van der Waals surface area contributed by atoms with Gasteiger partial charge >= 0.3 is 5.97 Å². The zero-order valence-electron chi connectivity index (χ0n) is 12.2. The highest BCUT2D eigenvalue weighted by Gasteiger charge is 2.41. The predicted molar refractivity (Wildman–Crippen MR) is 82.9 cm³/mol. The highest BCUT2D eigenvalue weighted by molar-refractivity contribution is 6.33. The van der Waals surface area contributed by atoms with Crippen LogP contribution in [-0.4, -0.2) is 24.2 Å². The minimum Gasteiger partial charge on any atom is -0.478 e. The second-order valence-electron chi connectivity index (χ2n) is 5.83. The number of anilines is 1. The fourth-order valence-corrected chi connectivity index (χ4v) is 3.63. The van der Waals surface area contributed by atoms with Gasteiger partial charge in [-0.1, -0.05) is 38.3 Å². The molecular weight excluding hydrogens is 274 g/mol. The first-order chi connectivity index (χ1) is 9.51. The number of aromatic carboxylic acids is 1. The molecular formula is C16H22ClNO2. The molecule has 2 rings (SSSR count). The molecule has 0 bridgehead atoms. The van der Waals surface area contributed by atoms with Gasteiger partial charge in [-0.15, -0.1) is 0 Å². The summed E-state index contributed by atoms with van der Waals surface area (Å²) >= 11 is 6.22. The molecule has 3 nitrogen and oxygen atoms in total. The van der Waals surface area contributed by atoms with E-state index in [1.807, 2.05) is 6.07 Å². The van der Waals surface area contributed by atoms with Crippen LogP contribution in [0.5, 0.6) is 0 Å². The van der Waals surface area contributed by atoms with E-state index in [1.54, 1.807) is 12.1 Å². The molecule has 1 aromatic carbocycles. The SMILES string of the molecule is CCCC1(CCC)CN(c2ccc(C(=O)O)cc2Cl)C1. The number of rotatable bonds is 6. The van der Waals surface area contributed by atoms with Crippen LogP contribution in [0.15, 0.2) is 18.2 Å². The molecule has 1 aliphatic heterocycles. The molecule has 1 N–H and O–H groups in total. The number of hydrogen-bond acceptors (Lipinski definition) is 2. The summed E-state index contributed by atoms with van der Waals surface area (Å²) in [5, 5.41) is 9.49. The largest absolute Gasteiger partial charge is 0.478 e. The maximum atomic E-state index is 10.9. The van der Waals surface area contributed by atoms with Crippen molar-refractivity contribution in [2.75, 3.05) is 18.0 Å². The second-order valence-corrected chi connectivity index (χ2v) is 6.23. The lowest BCUT2D eigenvalue weighted by atomic mass is 9.72. The van der Waals surface area contributed by atoms with Crippen LogP contribution in [0.4, 0.5) is 5.69 Å². The fraction of sp³-hybridized carbons (Fsp3) is 0.562. The van der Waals surface area contributed by atoms with Gasteiger partial charge in [-0.2, -0.15) is 0 Å². The van der Waals surface area contributed by atoms with Gasteiger partial charge in [0.1, 0.15) is 0 Å². The highest BCUT2D eigenvalue weighted by Crippen LogP contribution is 2.43. The van der Waals surface area contributed by atoms with Gasteiger partial charge in [-0.05, 0) is 31.0 Å². The van der Waals surface area contributed by atoms with Crippen LogP contribution >= 0.6 is 11.6 Å². The fourth-order valence-electron chi connectivity index (χ4n) is 3.33. The molecule has 1 fully saturated rings. The molecule has 1 aromatic rings. The average molecular weight is 296 g/mol. The summed E-state index contributed by atoms with van der Waals surface area (Å²) in [4.78, 5) is 13.2. The molecule has 0 unspecified atom stereocenters. The zero-order valence-corrected chi connectivity index (χ0v) is 12.9. The Balaban J connectivity index is 2.10. The van der Waals surface area contributed by atoms with Crippen LogP contribution in [0, 0.1) is 5.41 Å². The number of carboxylic acid groups (broad SMARTS) is 1. The van der Waals surface area contributed by atoms with Crippen LogP contribution < -0.4 is 4.90 Å². The quantitative estimate of drug-likeness (QED) is 0.843. The first kappa shape index (κ1) is 15.2. The Morgan fingerprint density at radius 1 is 1.30 bits per heavy atom. The van der Waals surface area contributed by atoms with Gasteiger partial charge < -0.3 is 10.0 Å². The smallest absolute Gasteiger partial charge is 0.335 e. The summed E-state index contributed by atoms with van der Waals surface area (Å²) in [6.07, 6.45) is 4.92. The highest BCUT2D eigenvalue weighted by atomic mass is 35.5. The first-order valence-electron chi connectivity index (χ1n) is 7.29. The van der Waals surface area contributed by atoms with Crippen molar-refractivity contribution in [1.29, 1.82) is 0 Å². The molecule has 0 spiro atoms. The Labute approximate surface area is 125 Å². The molecule has 1 heterocycles. The van der Waals surface area contributed by atoms with Gasteiger partial charge in [-0.25, -0.2) is 4.79 Å². The van der Waals surface area contributed by atoms with Crippen molar-refractivity contribution in [1.82, 2.24) is 0 Å². The van der Waals surface area contributed by atoms with Crippen LogP contribution in [0.1, 0.15) is 49.9 Å². The van der Waals surface area contributed by atoms with E-state index in [-0.39, 0.29) is 5.56 Å². The van der Waals surface area contributed by atoms with E-state index in [0.29, 0.717) is 10.4 Å². The Hall–Kier alpha value is -1.22. The van der Waals surface area contributed by atoms with Gasteiger partial charge in [0.25, 0.3) is 0 Å². The molecule has 0 radical (unpaired) electrons. The third-order valence-electron chi connectivity index (χ3n) is 4.15. The van der Waals surface area contributed by atoms with Crippen molar-refractivity contribution in [2.45, 2.75) is 39.5 Å². The molecule has 0 amide bonds. The molecule has 0 aliphatic carbocycles. The van der Waals surface area contributed by atoms with Crippen molar-refractivity contribution < 1.29 is 9.90 Å². The van der Waals surface area contributed by atoms with E-state index < -0.39 is 5.97 Å². The predicted octanol–water partition coefficient (Wildman–Crippen LogP) is 4.44. The minimum atomic E-state index is -0.937. The summed E-state index contributed by atoms with van der Waals surface area (Å²) in [6, 6.07) is 5.00. The van der Waals surface area contributed by atoms with Crippen LogP contribution in [0.3, 0.4) is 0 Å². The second kappa shape index (κ2) is 6.04. The Morgan fingerprint density at radius 2 is 1.90 bits per heavy atom. The Morgan fingerprint density at radius 3 is 2.35 bits per heavy atom. The van der Waals surface area contributed by atoms with Crippen molar-refractivity contribution >= 4 is 23.3 Å².